The van der Waals surface area contributed by atoms with Crippen molar-refractivity contribution in [3.05, 3.63) is 30.5 Å². The van der Waals surface area contributed by atoms with Gasteiger partial charge < -0.3 is 18.2 Å². The molecule has 0 unspecified atom stereocenters. The van der Waals surface area contributed by atoms with Crippen molar-refractivity contribution in [2.24, 2.45) is 5.41 Å². The third-order valence-corrected chi connectivity index (χ3v) is 6.03. The maximum absolute atomic E-state index is 6.01. The summed E-state index contributed by atoms with van der Waals surface area (Å²) in [6, 6.07) is 9.00. The van der Waals surface area contributed by atoms with Crippen molar-refractivity contribution in [1.29, 1.82) is 0 Å². The quantitative estimate of drug-likeness (QED) is 0.328. The van der Waals surface area contributed by atoms with Crippen LogP contribution in [0.5, 0.6) is 5.75 Å². The number of hydrogen-bond acceptors (Lipinski definition) is 3. The molecule has 0 N–H and O–H groups in total. The van der Waals surface area contributed by atoms with Crippen LogP contribution in [0.3, 0.4) is 0 Å². The topological polar surface area (TPSA) is 32.6 Å². The van der Waals surface area contributed by atoms with E-state index in [4.69, 9.17) is 13.6 Å². The van der Waals surface area contributed by atoms with E-state index in [0.29, 0.717) is 6.04 Å². The zero-order chi connectivity index (χ0) is 19.2. The van der Waals surface area contributed by atoms with Crippen LogP contribution in [0.2, 0.25) is 13.1 Å². The lowest BCUT2D eigenvalue weighted by Gasteiger charge is -2.34. The third kappa shape index (κ3) is 5.45. The molecule has 0 aliphatic carbocycles. The van der Waals surface area contributed by atoms with E-state index in [9.17, 15) is 0 Å². The molecule has 1 aromatic heterocycles. The Bertz CT molecular complexity index is 679. The molecule has 146 valence electrons. The second kappa shape index (κ2) is 9.73. The molecule has 0 aliphatic heterocycles. The Morgan fingerprint density at radius 1 is 1.08 bits per heavy atom. The summed E-state index contributed by atoms with van der Waals surface area (Å²) in [6.07, 6.45) is 4.14. The fourth-order valence-electron chi connectivity index (χ4n) is 3.32. The number of hydrogen-bond donors (Lipinski definition) is 0. The second-order valence-electron chi connectivity index (χ2n) is 7.72. The molecule has 0 amide bonds. The van der Waals surface area contributed by atoms with Gasteiger partial charge in [0, 0.05) is 28.6 Å². The van der Waals surface area contributed by atoms with E-state index in [-0.39, 0.29) is 11.7 Å². The third-order valence-electron chi connectivity index (χ3n) is 4.76. The van der Waals surface area contributed by atoms with E-state index < -0.39 is 19.5 Å². The summed E-state index contributed by atoms with van der Waals surface area (Å²) in [5, 5.41) is 1.24. The minimum Gasteiger partial charge on any atom is -0.494 e. The van der Waals surface area contributed by atoms with Gasteiger partial charge in [-0.1, -0.05) is 26.9 Å². The molecule has 0 bridgehead atoms. The van der Waals surface area contributed by atoms with E-state index in [2.05, 4.69) is 75.8 Å². The number of rotatable bonds is 11. The predicted octanol–water partition coefficient (Wildman–Crippen LogP) is 4.03. The number of aromatic nitrogens is 1. The number of benzene rings is 1. The fraction of sp³-hybridized carbons (Fsp3) is 0.600. The Morgan fingerprint density at radius 2 is 1.77 bits per heavy atom. The first kappa shape index (κ1) is 21.2. The Labute approximate surface area is 163 Å². The Kier molecular flexibility index (Phi) is 7.94. The van der Waals surface area contributed by atoms with Crippen LogP contribution >= 0.6 is 0 Å². The van der Waals surface area contributed by atoms with Crippen molar-refractivity contribution < 1.29 is 13.6 Å². The van der Waals surface area contributed by atoms with Crippen molar-refractivity contribution in [3.63, 3.8) is 0 Å². The minimum atomic E-state index is -0.464. The zero-order valence-corrected chi connectivity index (χ0v) is 20.1. The van der Waals surface area contributed by atoms with Crippen molar-refractivity contribution >= 4 is 30.4 Å². The SMILES string of the molecule is C[SiH2]OC(O[SiH2]C)C(C)(C)CCCOc1ccc2c(ccn2C(C)C)c1. The summed E-state index contributed by atoms with van der Waals surface area (Å²) < 4.78 is 20.2. The fourth-order valence-corrected chi connectivity index (χ4v) is 5.21. The standard InChI is InChI=1S/C20H35NO3Si2/c1-15(2)21-12-10-16-14-17(8-9-18(16)21)22-13-7-11-20(3,4)19(23-25-5)24-26-6/h8-10,12,14-15,19H,7,11,13,25-26H2,1-6H3. The number of ether oxygens (including phenoxy) is 1. The van der Waals surface area contributed by atoms with E-state index in [1.807, 2.05) is 0 Å². The van der Waals surface area contributed by atoms with Gasteiger partial charge in [-0.05, 0) is 51.0 Å². The monoisotopic (exact) mass is 393 g/mol. The molecular formula is C20H35NO3Si2. The highest BCUT2D eigenvalue weighted by Gasteiger charge is 2.29. The molecule has 0 saturated carbocycles. The summed E-state index contributed by atoms with van der Waals surface area (Å²) in [5.41, 5.74) is 1.30. The van der Waals surface area contributed by atoms with Crippen LogP contribution in [0.15, 0.2) is 30.5 Å². The summed E-state index contributed by atoms with van der Waals surface area (Å²) >= 11 is 0. The van der Waals surface area contributed by atoms with Gasteiger partial charge in [-0.3, -0.25) is 0 Å². The van der Waals surface area contributed by atoms with Gasteiger partial charge in [0.15, 0.2) is 19.5 Å². The normalized spacial score (nSPS) is 14.4. The average Bonchev–Trinajstić information content (AvgIpc) is 3.02. The lowest BCUT2D eigenvalue weighted by molar-refractivity contribution is -0.0833. The van der Waals surface area contributed by atoms with Crippen LogP contribution in [0, 0.1) is 5.41 Å². The molecule has 0 saturated heterocycles. The van der Waals surface area contributed by atoms with Gasteiger partial charge in [-0.15, -0.1) is 0 Å². The second-order valence-corrected chi connectivity index (χ2v) is 9.54. The lowest BCUT2D eigenvalue weighted by atomic mass is 9.87. The van der Waals surface area contributed by atoms with Crippen molar-refractivity contribution in [2.75, 3.05) is 6.61 Å². The highest BCUT2D eigenvalue weighted by atomic mass is 28.2. The van der Waals surface area contributed by atoms with E-state index in [1.54, 1.807) is 0 Å². The Morgan fingerprint density at radius 3 is 2.38 bits per heavy atom. The van der Waals surface area contributed by atoms with Crippen LogP contribution in [0.4, 0.5) is 0 Å². The van der Waals surface area contributed by atoms with Crippen LogP contribution in [-0.4, -0.2) is 37.0 Å². The molecule has 1 aromatic carbocycles. The highest BCUT2D eigenvalue weighted by molar-refractivity contribution is 6.26. The smallest absolute Gasteiger partial charge is 0.161 e. The molecule has 0 aliphatic rings. The van der Waals surface area contributed by atoms with Crippen molar-refractivity contribution in [3.8, 4) is 5.75 Å². The predicted molar refractivity (Wildman–Crippen MR) is 116 cm³/mol. The first-order valence-electron chi connectivity index (χ1n) is 9.85. The van der Waals surface area contributed by atoms with Crippen LogP contribution in [0.25, 0.3) is 10.9 Å². The Balaban J connectivity index is 1.88. The Hall–Kier alpha value is -1.09. The molecule has 1 heterocycles. The molecule has 6 heteroatoms. The van der Waals surface area contributed by atoms with Crippen molar-refractivity contribution in [1.82, 2.24) is 4.57 Å². The maximum Gasteiger partial charge on any atom is 0.161 e. The van der Waals surface area contributed by atoms with E-state index >= 15 is 0 Å². The average molecular weight is 394 g/mol. The number of fused-ring (bicyclic) bond motifs is 1. The van der Waals surface area contributed by atoms with Gasteiger partial charge in [-0.25, -0.2) is 0 Å². The van der Waals surface area contributed by atoms with Gasteiger partial charge in [0.05, 0.1) is 6.61 Å². The minimum absolute atomic E-state index is 0.0355. The maximum atomic E-state index is 6.01. The molecule has 0 spiro atoms. The first-order chi connectivity index (χ1) is 12.4. The van der Waals surface area contributed by atoms with Crippen LogP contribution < -0.4 is 4.74 Å². The van der Waals surface area contributed by atoms with Gasteiger partial charge in [0.2, 0.25) is 0 Å². The molecule has 0 atom stereocenters. The summed E-state index contributed by atoms with van der Waals surface area (Å²) in [4.78, 5) is 0. The molecular weight excluding hydrogens is 358 g/mol. The lowest BCUT2D eigenvalue weighted by Crippen LogP contribution is -2.36. The number of nitrogens with zero attached hydrogens (tertiary/aromatic N) is 1. The molecule has 0 radical (unpaired) electrons. The first-order valence-corrected chi connectivity index (χ1v) is 13.8. The summed E-state index contributed by atoms with van der Waals surface area (Å²) in [7, 11) is -0.928. The zero-order valence-electron chi connectivity index (χ0n) is 17.2. The van der Waals surface area contributed by atoms with Gasteiger partial charge in [-0.2, -0.15) is 0 Å². The van der Waals surface area contributed by atoms with Crippen molar-refractivity contribution in [2.45, 2.75) is 66.0 Å². The van der Waals surface area contributed by atoms with Gasteiger partial charge >= 0.3 is 0 Å². The molecule has 0 fully saturated rings. The molecule has 26 heavy (non-hydrogen) atoms. The summed E-state index contributed by atoms with van der Waals surface area (Å²) in [6.45, 7) is 13.9. The van der Waals surface area contributed by atoms with Gasteiger partial charge in [0.25, 0.3) is 0 Å². The molecule has 4 nitrogen and oxygen atoms in total. The molecule has 2 aromatic rings. The summed E-state index contributed by atoms with van der Waals surface area (Å²) in [5.74, 6) is 0.947. The van der Waals surface area contributed by atoms with E-state index in [0.717, 1.165) is 25.2 Å². The molecule has 2 rings (SSSR count). The largest absolute Gasteiger partial charge is 0.494 e. The van der Waals surface area contributed by atoms with Gasteiger partial charge in [0.1, 0.15) is 12.0 Å². The van der Waals surface area contributed by atoms with Crippen LogP contribution in [0.1, 0.15) is 46.6 Å². The van der Waals surface area contributed by atoms with E-state index in [1.165, 1.54) is 10.9 Å². The highest BCUT2D eigenvalue weighted by Crippen LogP contribution is 2.30. The van der Waals surface area contributed by atoms with Crippen LogP contribution in [-0.2, 0) is 8.85 Å².